The number of carbonyl (C=O) groups excluding carboxylic acids is 1. The van der Waals surface area contributed by atoms with Crippen LogP contribution in [0.2, 0.25) is 0 Å². The lowest BCUT2D eigenvalue weighted by Gasteiger charge is -2.13. The van der Waals surface area contributed by atoms with E-state index in [0.29, 0.717) is 16.4 Å². The lowest BCUT2D eigenvalue weighted by molar-refractivity contribution is 0.0942. The Morgan fingerprint density at radius 1 is 1.08 bits per heavy atom. The molecule has 0 saturated carbocycles. The number of halogens is 2. The van der Waals surface area contributed by atoms with Crippen molar-refractivity contribution in [1.29, 1.82) is 0 Å². The minimum atomic E-state index is -0.884. The number of nitrogens with one attached hydrogen (secondary N) is 1. The molecule has 1 atom stereocenters. The Labute approximate surface area is 145 Å². The zero-order chi connectivity index (χ0) is 17.7. The van der Waals surface area contributed by atoms with E-state index < -0.39 is 11.6 Å². The van der Waals surface area contributed by atoms with Crippen molar-refractivity contribution in [2.75, 3.05) is 0 Å². The van der Waals surface area contributed by atoms with Gasteiger partial charge in [0.25, 0.3) is 5.91 Å². The number of hydrogen-bond donors (Lipinski definition) is 1. The molecule has 1 unspecified atom stereocenters. The predicted octanol–water partition coefficient (Wildman–Crippen LogP) is 5.64. The monoisotopic (exact) mass is 351 g/mol. The minimum absolute atomic E-state index is 0.116. The van der Waals surface area contributed by atoms with Crippen molar-refractivity contribution in [3.63, 3.8) is 0 Å². The zero-order valence-electron chi connectivity index (χ0n) is 14.2. The van der Waals surface area contributed by atoms with E-state index >= 15 is 0 Å². The van der Waals surface area contributed by atoms with Gasteiger partial charge in [-0.2, -0.15) is 0 Å². The highest BCUT2D eigenvalue weighted by atomic mass is 32.1. The SMILES string of the molecule is CC(C)CCCC(C)NC(=O)c1ccc(-c2ccc(F)c(F)c2)s1. The van der Waals surface area contributed by atoms with E-state index in [1.165, 1.54) is 17.4 Å². The summed E-state index contributed by atoms with van der Waals surface area (Å²) in [6.07, 6.45) is 3.19. The van der Waals surface area contributed by atoms with Crippen molar-refractivity contribution in [2.24, 2.45) is 5.92 Å². The molecule has 1 aromatic carbocycles. The normalized spacial score (nSPS) is 12.4. The Morgan fingerprint density at radius 3 is 2.50 bits per heavy atom. The molecule has 2 nitrogen and oxygen atoms in total. The molecule has 2 aromatic rings. The molecule has 24 heavy (non-hydrogen) atoms. The second-order valence-corrected chi connectivity index (χ2v) is 7.58. The van der Waals surface area contributed by atoms with E-state index in [4.69, 9.17) is 0 Å². The molecule has 0 aliphatic heterocycles. The molecule has 0 fully saturated rings. The van der Waals surface area contributed by atoms with E-state index in [1.54, 1.807) is 12.1 Å². The van der Waals surface area contributed by atoms with Crippen LogP contribution in [0.4, 0.5) is 8.78 Å². The Hall–Kier alpha value is -1.75. The maximum Gasteiger partial charge on any atom is 0.261 e. The summed E-state index contributed by atoms with van der Waals surface area (Å²) in [5.41, 5.74) is 0.572. The van der Waals surface area contributed by atoms with Crippen LogP contribution in [0.15, 0.2) is 30.3 Å². The highest BCUT2D eigenvalue weighted by Crippen LogP contribution is 2.29. The highest BCUT2D eigenvalue weighted by molar-refractivity contribution is 7.17. The van der Waals surface area contributed by atoms with Crippen molar-refractivity contribution in [3.8, 4) is 10.4 Å². The molecule has 0 aliphatic carbocycles. The van der Waals surface area contributed by atoms with Gasteiger partial charge < -0.3 is 5.32 Å². The van der Waals surface area contributed by atoms with Gasteiger partial charge in [0, 0.05) is 10.9 Å². The van der Waals surface area contributed by atoms with Gasteiger partial charge in [0.15, 0.2) is 11.6 Å². The van der Waals surface area contributed by atoms with Crippen LogP contribution in [0, 0.1) is 17.6 Å². The smallest absolute Gasteiger partial charge is 0.261 e. The van der Waals surface area contributed by atoms with Gasteiger partial charge in [0.2, 0.25) is 0 Å². The van der Waals surface area contributed by atoms with Gasteiger partial charge in [0.1, 0.15) is 0 Å². The van der Waals surface area contributed by atoms with E-state index in [1.807, 2.05) is 6.92 Å². The van der Waals surface area contributed by atoms with E-state index in [2.05, 4.69) is 19.2 Å². The van der Waals surface area contributed by atoms with Gasteiger partial charge in [-0.15, -0.1) is 11.3 Å². The molecule has 1 amide bonds. The summed E-state index contributed by atoms with van der Waals surface area (Å²) in [7, 11) is 0. The molecule has 0 spiro atoms. The second kappa shape index (κ2) is 8.38. The number of thiophene rings is 1. The summed E-state index contributed by atoms with van der Waals surface area (Å²) in [6, 6.07) is 7.36. The van der Waals surface area contributed by atoms with Crippen LogP contribution in [0.25, 0.3) is 10.4 Å². The van der Waals surface area contributed by atoms with Gasteiger partial charge in [-0.05, 0) is 49.1 Å². The average molecular weight is 351 g/mol. The van der Waals surface area contributed by atoms with Gasteiger partial charge in [-0.1, -0.05) is 32.8 Å². The molecule has 0 saturated heterocycles. The summed E-state index contributed by atoms with van der Waals surface area (Å²) in [5.74, 6) is -1.20. The topological polar surface area (TPSA) is 29.1 Å². The number of rotatable bonds is 7. The van der Waals surface area contributed by atoms with Crippen LogP contribution >= 0.6 is 11.3 Å². The first-order valence-electron chi connectivity index (χ1n) is 8.23. The summed E-state index contributed by atoms with van der Waals surface area (Å²) in [4.78, 5) is 13.6. The molecule has 0 aliphatic rings. The molecular weight excluding hydrogens is 328 g/mol. The third kappa shape index (κ3) is 5.13. The fraction of sp³-hybridized carbons (Fsp3) is 0.421. The molecule has 1 N–H and O–H groups in total. The second-order valence-electron chi connectivity index (χ2n) is 6.49. The number of amides is 1. The molecule has 0 radical (unpaired) electrons. The Bertz CT molecular complexity index is 696. The first kappa shape index (κ1) is 18.6. The Morgan fingerprint density at radius 2 is 1.83 bits per heavy atom. The van der Waals surface area contributed by atoms with Crippen LogP contribution in [0.5, 0.6) is 0 Å². The van der Waals surface area contributed by atoms with Crippen LogP contribution in [0.3, 0.4) is 0 Å². The Balaban J connectivity index is 1.96. The van der Waals surface area contributed by atoms with Gasteiger partial charge in [0.05, 0.1) is 4.88 Å². The summed E-state index contributed by atoms with van der Waals surface area (Å²) in [6.45, 7) is 6.38. The standard InChI is InChI=1S/C19H23F2NOS/c1-12(2)5-4-6-13(3)22-19(23)18-10-9-17(24-18)14-7-8-15(20)16(21)11-14/h7-13H,4-6H2,1-3H3,(H,22,23). The predicted molar refractivity (Wildman–Crippen MR) is 95.3 cm³/mol. The first-order chi connectivity index (χ1) is 11.4. The molecule has 5 heteroatoms. The number of hydrogen-bond acceptors (Lipinski definition) is 2. The summed E-state index contributed by atoms with van der Waals surface area (Å²) < 4.78 is 26.3. The maximum absolute atomic E-state index is 13.3. The lowest BCUT2D eigenvalue weighted by atomic mass is 10.0. The van der Waals surface area contributed by atoms with E-state index in [0.717, 1.165) is 36.3 Å². The third-order valence-electron chi connectivity index (χ3n) is 3.83. The van der Waals surface area contributed by atoms with Crippen LogP contribution in [-0.2, 0) is 0 Å². The van der Waals surface area contributed by atoms with Gasteiger partial charge in [-0.3, -0.25) is 4.79 Å². The third-order valence-corrected chi connectivity index (χ3v) is 4.96. The fourth-order valence-corrected chi connectivity index (χ4v) is 3.37. The first-order valence-corrected chi connectivity index (χ1v) is 9.04. The van der Waals surface area contributed by atoms with Gasteiger partial charge in [-0.25, -0.2) is 8.78 Å². The molecular formula is C19H23F2NOS. The van der Waals surface area contributed by atoms with E-state index in [9.17, 15) is 13.6 Å². The van der Waals surface area contributed by atoms with Crippen molar-refractivity contribution < 1.29 is 13.6 Å². The minimum Gasteiger partial charge on any atom is -0.349 e. The summed E-state index contributed by atoms with van der Waals surface area (Å²) >= 11 is 1.28. The largest absolute Gasteiger partial charge is 0.349 e. The van der Waals surface area contributed by atoms with Crippen molar-refractivity contribution in [2.45, 2.75) is 46.1 Å². The van der Waals surface area contributed by atoms with E-state index in [-0.39, 0.29) is 11.9 Å². The zero-order valence-corrected chi connectivity index (χ0v) is 15.1. The maximum atomic E-state index is 13.3. The molecule has 130 valence electrons. The fourth-order valence-electron chi connectivity index (χ4n) is 2.46. The molecule has 1 heterocycles. The van der Waals surface area contributed by atoms with Gasteiger partial charge >= 0.3 is 0 Å². The summed E-state index contributed by atoms with van der Waals surface area (Å²) in [5, 5.41) is 2.99. The number of benzene rings is 1. The van der Waals surface area contributed by atoms with Crippen molar-refractivity contribution >= 4 is 17.2 Å². The lowest BCUT2D eigenvalue weighted by Crippen LogP contribution is -2.31. The Kier molecular flexibility index (Phi) is 6.49. The molecule has 1 aromatic heterocycles. The van der Waals surface area contributed by atoms with Crippen LogP contribution in [0.1, 0.15) is 49.7 Å². The van der Waals surface area contributed by atoms with Crippen LogP contribution in [-0.4, -0.2) is 11.9 Å². The molecule has 2 rings (SSSR count). The number of carbonyl (C=O) groups is 1. The average Bonchev–Trinajstić information content (AvgIpc) is 2.99. The highest BCUT2D eigenvalue weighted by Gasteiger charge is 2.14. The van der Waals surface area contributed by atoms with Crippen LogP contribution < -0.4 is 5.32 Å². The van der Waals surface area contributed by atoms with Crippen molar-refractivity contribution in [3.05, 3.63) is 46.8 Å². The molecule has 0 bridgehead atoms. The van der Waals surface area contributed by atoms with Crippen molar-refractivity contribution in [1.82, 2.24) is 5.32 Å². The quantitative estimate of drug-likeness (QED) is 0.687.